The third-order valence-electron chi connectivity index (χ3n) is 4.39. The van der Waals surface area contributed by atoms with E-state index in [9.17, 15) is 9.59 Å². The van der Waals surface area contributed by atoms with Gasteiger partial charge in [-0.2, -0.15) is 5.10 Å². The van der Waals surface area contributed by atoms with Gasteiger partial charge in [-0.25, -0.2) is 0 Å². The molecule has 1 aliphatic heterocycles. The van der Waals surface area contributed by atoms with Crippen molar-refractivity contribution in [3.05, 3.63) is 41.7 Å². The van der Waals surface area contributed by atoms with Gasteiger partial charge in [0.1, 0.15) is 6.61 Å². The fourth-order valence-electron chi connectivity index (χ4n) is 2.96. The first-order valence-electron chi connectivity index (χ1n) is 8.43. The lowest BCUT2D eigenvalue weighted by Crippen LogP contribution is -2.33. The fourth-order valence-corrected chi connectivity index (χ4v) is 2.96. The molecule has 1 atom stereocenters. The molecule has 1 fully saturated rings. The van der Waals surface area contributed by atoms with Crippen LogP contribution in [0, 0.1) is 5.92 Å². The van der Waals surface area contributed by atoms with Crippen LogP contribution >= 0.6 is 0 Å². The number of aromatic amines is 1. The van der Waals surface area contributed by atoms with Gasteiger partial charge in [0.05, 0.1) is 18.7 Å². The molecule has 1 saturated heterocycles. The van der Waals surface area contributed by atoms with E-state index in [-0.39, 0.29) is 24.3 Å². The first-order valence-corrected chi connectivity index (χ1v) is 8.43. The summed E-state index contributed by atoms with van der Waals surface area (Å²) in [6, 6.07) is 9.01. The fraction of sp³-hybridized carbons (Fsp3) is 0.389. The number of hydrogen-bond acceptors (Lipinski definition) is 5. The maximum Gasteiger partial charge on any atom is 0.274 e. The van der Waals surface area contributed by atoms with E-state index in [1.807, 2.05) is 24.3 Å². The molecular weight excluding hydrogens is 336 g/mol. The van der Waals surface area contributed by atoms with Crippen molar-refractivity contribution in [1.29, 1.82) is 0 Å². The molecule has 1 aromatic carbocycles. The molecule has 1 aliphatic rings. The first kappa shape index (κ1) is 17.8. The van der Waals surface area contributed by atoms with Gasteiger partial charge >= 0.3 is 0 Å². The number of ether oxygens (including phenoxy) is 2. The number of nitrogens with zero attached hydrogens (tertiary/aromatic N) is 2. The Balaban J connectivity index is 1.59. The van der Waals surface area contributed by atoms with Crippen LogP contribution in [-0.2, 0) is 11.4 Å². The highest BCUT2D eigenvalue weighted by molar-refractivity contribution is 5.93. The first-order chi connectivity index (χ1) is 12.6. The molecule has 8 heteroatoms. The molecule has 26 heavy (non-hydrogen) atoms. The van der Waals surface area contributed by atoms with E-state index < -0.39 is 0 Å². The van der Waals surface area contributed by atoms with Gasteiger partial charge in [0.15, 0.2) is 17.2 Å². The van der Waals surface area contributed by atoms with E-state index in [1.54, 1.807) is 25.1 Å². The summed E-state index contributed by atoms with van der Waals surface area (Å²) in [6.45, 7) is 1.21. The van der Waals surface area contributed by atoms with Gasteiger partial charge in [-0.3, -0.25) is 14.7 Å². The van der Waals surface area contributed by atoms with Crippen LogP contribution in [0.3, 0.4) is 0 Å². The highest BCUT2D eigenvalue weighted by Crippen LogP contribution is 2.26. The number of para-hydroxylation sites is 2. The van der Waals surface area contributed by atoms with Crippen LogP contribution in [0.5, 0.6) is 11.5 Å². The molecule has 2 amide bonds. The minimum Gasteiger partial charge on any atom is -0.493 e. The number of likely N-dealkylation sites (tertiary alicyclic amines) is 1. The SMILES string of the molecule is CNC(=O)[C@@H]1CCN(C(=O)c2cc(COc3ccccc3OC)[nH]n2)C1. The highest BCUT2D eigenvalue weighted by atomic mass is 16.5. The third kappa shape index (κ3) is 3.79. The molecule has 3 rings (SSSR count). The van der Waals surface area contributed by atoms with Crippen LogP contribution in [0.1, 0.15) is 22.6 Å². The monoisotopic (exact) mass is 358 g/mol. The predicted octanol–water partition coefficient (Wildman–Crippen LogP) is 1.21. The van der Waals surface area contributed by atoms with E-state index in [0.29, 0.717) is 42.4 Å². The number of carbonyl (C=O) groups is 2. The Morgan fingerprint density at radius 1 is 1.35 bits per heavy atom. The number of rotatable bonds is 6. The van der Waals surface area contributed by atoms with E-state index in [1.165, 1.54) is 0 Å². The number of aromatic nitrogens is 2. The van der Waals surface area contributed by atoms with Gasteiger partial charge in [0, 0.05) is 20.1 Å². The molecule has 0 bridgehead atoms. The Morgan fingerprint density at radius 2 is 2.12 bits per heavy atom. The van der Waals surface area contributed by atoms with Crippen molar-refractivity contribution in [2.45, 2.75) is 13.0 Å². The van der Waals surface area contributed by atoms with Crippen molar-refractivity contribution in [3.8, 4) is 11.5 Å². The van der Waals surface area contributed by atoms with Crippen molar-refractivity contribution in [3.63, 3.8) is 0 Å². The Hall–Kier alpha value is -3.03. The second-order valence-electron chi connectivity index (χ2n) is 6.07. The minimum absolute atomic E-state index is 0.0341. The van der Waals surface area contributed by atoms with Crippen molar-refractivity contribution in [2.24, 2.45) is 5.92 Å². The van der Waals surface area contributed by atoms with Crippen LogP contribution in [0.4, 0.5) is 0 Å². The molecule has 138 valence electrons. The number of nitrogens with one attached hydrogen (secondary N) is 2. The second-order valence-corrected chi connectivity index (χ2v) is 6.07. The topological polar surface area (TPSA) is 96.5 Å². The summed E-state index contributed by atoms with van der Waals surface area (Å²) in [6.07, 6.45) is 0.666. The maximum atomic E-state index is 12.5. The average Bonchev–Trinajstić information content (AvgIpc) is 3.35. The van der Waals surface area contributed by atoms with Gasteiger partial charge in [-0.05, 0) is 24.6 Å². The Labute approximate surface area is 151 Å². The van der Waals surface area contributed by atoms with Crippen LogP contribution in [0.15, 0.2) is 30.3 Å². The van der Waals surface area contributed by atoms with E-state index >= 15 is 0 Å². The zero-order valence-electron chi connectivity index (χ0n) is 14.8. The van der Waals surface area contributed by atoms with Crippen LogP contribution in [-0.4, -0.2) is 54.2 Å². The standard InChI is InChI=1S/C18H22N4O4/c1-19-17(23)12-7-8-22(10-12)18(24)14-9-13(20-21-14)11-26-16-6-4-3-5-15(16)25-2/h3-6,9,12H,7-8,10-11H2,1-2H3,(H,19,23)(H,20,21)/t12-/m1/s1. The van der Waals surface area contributed by atoms with Gasteiger partial charge in [-0.15, -0.1) is 0 Å². The number of amides is 2. The quantitative estimate of drug-likeness (QED) is 0.809. The number of hydrogen-bond donors (Lipinski definition) is 2. The summed E-state index contributed by atoms with van der Waals surface area (Å²) < 4.78 is 11.0. The smallest absolute Gasteiger partial charge is 0.274 e. The Bertz CT molecular complexity index is 789. The second kappa shape index (κ2) is 7.90. The highest BCUT2D eigenvalue weighted by Gasteiger charge is 2.31. The number of carbonyl (C=O) groups excluding carboxylic acids is 2. The number of H-pyrrole nitrogens is 1. The number of benzene rings is 1. The average molecular weight is 358 g/mol. The van der Waals surface area contributed by atoms with Crippen molar-refractivity contribution < 1.29 is 19.1 Å². The molecule has 2 N–H and O–H groups in total. The Morgan fingerprint density at radius 3 is 2.85 bits per heavy atom. The van der Waals surface area contributed by atoms with Crippen LogP contribution in [0.2, 0.25) is 0 Å². The van der Waals surface area contributed by atoms with Crippen LogP contribution in [0.25, 0.3) is 0 Å². The molecule has 8 nitrogen and oxygen atoms in total. The maximum absolute atomic E-state index is 12.5. The van der Waals surface area contributed by atoms with E-state index in [0.717, 1.165) is 0 Å². The molecule has 1 aromatic heterocycles. The summed E-state index contributed by atoms with van der Waals surface area (Å²) in [7, 11) is 3.19. The van der Waals surface area contributed by atoms with Gasteiger partial charge < -0.3 is 19.7 Å². The third-order valence-corrected chi connectivity index (χ3v) is 4.39. The zero-order chi connectivity index (χ0) is 18.5. The van der Waals surface area contributed by atoms with E-state index in [4.69, 9.17) is 9.47 Å². The zero-order valence-corrected chi connectivity index (χ0v) is 14.8. The predicted molar refractivity (Wildman–Crippen MR) is 94.0 cm³/mol. The largest absolute Gasteiger partial charge is 0.493 e. The normalized spacial score (nSPS) is 16.4. The molecule has 0 radical (unpaired) electrons. The van der Waals surface area contributed by atoms with Crippen LogP contribution < -0.4 is 14.8 Å². The Kier molecular flexibility index (Phi) is 5.40. The molecule has 0 aliphatic carbocycles. The molecular formula is C18H22N4O4. The summed E-state index contributed by atoms with van der Waals surface area (Å²) in [4.78, 5) is 25.9. The van der Waals surface area contributed by atoms with E-state index in [2.05, 4.69) is 15.5 Å². The summed E-state index contributed by atoms with van der Waals surface area (Å²) in [5, 5.41) is 9.52. The summed E-state index contributed by atoms with van der Waals surface area (Å²) in [5.41, 5.74) is 1.00. The van der Waals surface area contributed by atoms with Crippen molar-refractivity contribution in [2.75, 3.05) is 27.2 Å². The summed E-state index contributed by atoms with van der Waals surface area (Å²) >= 11 is 0. The van der Waals surface area contributed by atoms with Gasteiger partial charge in [0.2, 0.25) is 5.91 Å². The molecule has 0 unspecified atom stereocenters. The minimum atomic E-state index is -0.184. The van der Waals surface area contributed by atoms with Crippen molar-refractivity contribution in [1.82, 2.24) is 20.4 Å². The molecule has 0 saturated carbocycles. The lowest BCUT2D eigenvalue weighted by molar-refractivity contribution is -0.124. The lowest BCUT2D eigenvalue weighted by atomic mass is 10.1. The molecule has 2 aromatic rings. The molecule has 2 heterocycles. The van der Waals surface area contributed by atoms with Gasteiger partial charge in [-0.1, -0.05) is 12.1 Å². The van der Waals surface area contributed by atoms with Crippen molar-refractivity contribution >= 4 is 11.8 Å². The molecule has 0 spiro atoms. The summed E-state index contributed by atoms with van der Waals surface area (Å²) in [5.74, 6) is 0.881. The van der Waals surface area contributed by atoms with Gasteiger partial charge in [0.25, 0.3) is 5.91 Å². The lowest BCUT2D eigenvalue weighted by Gasteiger charge is -2.14. The number of methoxy groups -OCH3 is 1.